The number of carbonyl (C=O) groups excluding carboxylic acids is 1. The average molecular weight is 335 g/mol. The first kappa shape index (κ1) is 12.5. The smallest absolute Gasteiger partial charge is 0.291 e. The summed E-state index contributed by atoms with van der Waals surface area (Å²) in [5, 5.41) is 3.29. The van der Waals surface area contributed by atoms with Gasteiger partial charge < -0.3 is 9.73 Å². The van der Waals surface area contributed by atoms with E-state index in [1.54, 1.807) is 30.3 Å². The van der Waals surface area contributed by atoms with E-state index in [1.807, 2.05) is 0 Å². The van der Waals surface area contributed by atoms with Crippen molar-refractivity contribution in [1.29, 1.82) is 0 Å². The van der Waals surface area contributed by atoms with E-state index in [-0.39, 0.29) is 11.7 Å². The summed E-state index contributed by atoms with van der Waals surface area (Å²) in [6.07, 6.45) is 0. The molecule has 2 aromatic rings. The summed E-state index contributed by atoms with van der Waals surface area (Å²) in [6, 6.07) is 8.18. The Kier molecular flexibility index (Phi) is 3.76. The molecule has 0 aliphatic carbocycles. The van der Waals surface area contributed by atoms with Gasteiger partial charge in [0.15, 0.2) is 10.4 Å². The average Bonchev–Trinajstić information content (AvgIpc) is 2.72. The first-order valence-electron chi connectivity index (χ1n) is 4.58. The van der Waals surface area contributed by atoms with Crippen LogP contribution in [0.1, 0.15) is 10.6 Å². The molecule has 0 spiro atoms. The Morgan fingerprint density at radius 1 is 1.24 bits per heavy atom. The quantitative estimate of drug-likeness (QED) is 0.872. The van der Waals surface area contributed by atoms with E-state index < -0.39 is 0 Å². The second kappa shape index (κ2) is 5.12. The molecule has 6 heteroatoms. The van der Waals surface area contributed by atoms with Crippen molar-refractivity contribution in [2.75, 3.05) is 5.32 Å². The third-order valence-electron chi connectivity index (χ3n) is 2.00. The van der Waals surface area contributed by atoms with Gasteiger partial charge in [-0.2, -0.15) is 0 Å². The van der Waals surface area contributed by atoms with Crippen molar-refractivity contribution >= 4 is 50.7 Å². The second-order valence-corrected chi connectivity index (χ2v) is 4.73. The van der Waals surface area contributed by atoms with Crippen LogP contribution in [0.3, 0.4) is 0 Å². The lowest BCUT2D eigenvalue weighted by molar-refractivity contribution is 0.0995. The number of hydrogen-bond acceptors (Lipinski definition) is 2. The summed E-state index contributed by atoms with van der Waals surface area (Å²) in [4.78, 5) is 11.8. The Labute approximate surface area is 116 Å². The molecular formula is C11H6BrCl2NO2. The fraction of sp³-hybridized carbons (Fsp3) is 0. The van der Waals surface area contributed by atoms with E-state index in [4.69, 9.17) is 27.6 Å². The van der Waals surface area contributed by atoms with Crippen molar-refractivity contribution < 1.29 is 9.21 Å². The number of carbonyl (C=O) groups is 1. The van der Waals surface area contributed by atoms with Crippen molar-refractivity contribution in [3.63, 3.8) is 0 Å². The fourth-order valence-corrected chi connectivity index (χ4v) is 1.87. The normalized spacial score (nSPS) is 10.3. The number of hydrogen-bond donors (Lipinski definition) is 1. The van der Waals surface area contributed by atoms with Gasteiger partial charge in [0.05, 0.1) is 15.7 Å². The fourth-order valence-electron chi connectivity index (χ4n) is 1.22. The third kappa shape index (κ3) is 2.83. The Balaban J connectivity index is 2.21. The molecule has 0 unspecified atom stereocenters. The number of furan rings is 1. The SMILES string of the molecule is O=C(Nc1cccc(Cl)c1Cl)c1ccc(Br)o1. The lowest BCUT2D eigenvalue weighted by Gasteiger charge is -2.06. The van der Waals surface area contributed by atoms with E-state index in [0.717, 1.165) is 0 Å². The number of halogens is 3. The van der Waals surface area contributed by atoms with E-state index in [1.165, 1.54) is 0 Å². The van der Waals surface area contributed by atoms with Crippen LogP contribution in [0, 0.1) is 0 Å². The summed E-state index contributed by atoms with van der Waals surface area (Å²) in [6.45, 7) is 0. The predicted molar refractivity (Wildman–Crippen MR) is 70.8 cm³/mol. The highest BCUT2D eigenvalue weighted by Crippen LogP contribution is 2.30. The third-order valence-corrected chi connectivity index (χ3v) is 3.24. The molecule has 0 atom stereocenters. The molecule has 2 rings (SSSR count). The van der Waals surface area contributed by atoms with Crippen LogP contribution in [-0.4, -0.2) is 5.91 Å². The summed E-state index contributed by atoms with van der Waals surface area (Å²) in [5.41, 5.74) is 0.441. The number of amides is 1. The summed E-state index contributed by atoms with van der Waals surface area (Å²) in [7, 11) is 0. The van der Waals surface area contributed by atoms with Crippen LogP contribution >= 0.6 is 39.1 Å². The van der Waals surface area contributed by atoms with Gasteiger partial charge >= 0.3 is 0 Å². The monoisotopic (exact) mass is 333 g/mol. The van der Waals surface area contributed by atoms with Crippen LogP contribution in [0.2, 0.25) is 10.0 Å². The highest BCUT2D eigenvalue weighted by molar-refractivity contribution is 9.10. The van der Waals surface area contributed by atoms with Crippen LogP contribution in [0.5, 0.6) is 0 Å². The molecule has 0 fully saturated rings. The van der Waals surface area contributed by atoms with E-state index in [9.17, 15) is 4.79 Å². The summed E-state index contributed by atoms with van der Waals surface area (Å²) < 4.78 is 5.60. The van der Waals surface area contributed by atoms with Crippen LogP contribution in [-0.2, 0) is 0 Å². The highest BCUT2D eigenvalue weighted by Gasteiger charge is 2.13. The van der Waals surface area contributed by atoms with Crippen LogP contribution < -0.4 is 5.32 Å². The molecule has 0 radical (unpaired) electrons. The van der Waals surface area contributed by atoms with Crippen molar-refractivity contribution in [3.05, 3.63) is 50.8 Å². The van der Waals surface area contributed by atoms with Crippen molar-refractivity contribution in [2.45, 2.75) is 0 Å². The number of nitrogens with one attached hydrogen (secondary N) is 1. The summed E-state index contributed by atoms with van der Waals surface area (Å²) in [5.74, 6) is -0.201. The molecule has 0 aliphatic rings. The van der Waals surface area contributed by atoms with Crippen molar-refractivity contribution in [1.82, 2.24) is 0 Å². The first-order chi connectivity index (χ1) is 8.08. The minimum Gasteiger partial charge on any atom is -0.444 e. The lowest BCUT2D eigenvalue weighted by atomic mass is 10.3. The van der Waals surface area contributed by atoms with E-state index in [2.05, 4.69) is 21.2 Å². The summed E-state index contributed by atoms with van der Waals surface area (Å²) >= 11 is 14.9. The van der Waals surface area contributed by atoms with Crippen LogP contribution in [0.25, 0.3) is 0 Å². The predicted octanol–water partition coefficient (Wildman–Crippen LogP) is 4.60. The second-order valence-electron chi connectivity index (χ2n) is 3.16. The number of rotatable bonds is 2. The molecule has 1 amide bonds. The molecule has 0 bridgehead atoms. The molecule has 3 nitrogen and oxygen atoms in total. The molecule has 1 N–H and O–H groups in total. The Hall–Kier alpha value is -0.970. The minimum atomic E-state index is -0.389. The zero-order valence-corrected chi connectivity index (χ0v) is 11.4. The largest absolute Gasteiger partial charge is 0.444 e. The molecule has 0 aliphatic heterocycles. The molecule has 17 heavy (non-hydrogen) atoms. The maximum atomic E-state index is 11.8. The molecule has 0 saturated carbocycles. The first-order valence-corrected chi connectivity index (χ1v) is 6.13. The van der Waals surface area contributed by atoms with Gasteiger partial charge in [0, 0.05) is 0 Å². The van der Waals surface area contributed by atoms with E-state index in [0.29, 0.717) is 20.4 Å². The molecular weight excluding hydrogens is 329 g/mol. The molecule has 1 aromatic heterocycles. The van der Waals surface area contributed by atoms with Crippen LogP contribution in [0.15, 0.2) is 39.4 Å². The van der Waals surface area contributed by atoms with Gasteiger partial charge in [-0.1, -0.05) is 29.3 Å². The van der Waals surface area contributed by atoms with Crippen LogP contribution in [0.4, 0.5) is 5.69 Å². The highest BCUT2D eigenvalue weighted by atomic mass is 79.9. The van der Waals surface area contributed by atoms with Gasteiger partial charge in [-0.05, 0) is 40.2 Å². The van der Waals surface area contributed by atoms with Gasteiger partial charge in [0.25, 0.3) is 5.91 Å². The topological polar surface area (TPSA) is 42.2 Å². The van der Waals surface area contributed by atoms with Crippen molar-refractivity contribution in [2.24, 2.45) is 0 Å². The Morgan fingerprint density at radius 2 is 2.00 bits per heavy atom. The Bertz CT molecular complexity index is 568. The molecule has 0 saturated heterocycles. The van der Waals surface area contributed by atoms with Gasteiger partial charge in [-0.25, -0.2) is 0 Å². The number of anilines is 1. The maximum Gasteiger partial charge on any atom is 0.291 e. The lowest BCUT2D eigenvalue weighted by Crippen LogP contribution is -2.11. The molecule has 88 valence electrons. The maximum absolute atomic E-state index is 11.8. The number of benzene rings is 1. The standard InChI is InChI=1S/C11H6BrCl2NO2/c12-9-5-4-8(17-9)11(16)15-7-3-1-2-6(13)10(7)14/h1-5H,(H,15,16). The van der Waals surface area contributed by atoms with Gasteiger partial charge in [-0.3, -0.25) is 4.79 Å². The van der Waals surface area contributed by atoms with Gasteiger partial charge in [0.1, 0.15) is 0 Å². The minimum absolute atomic E-state index is 0.188. The van der Waals surface area contributed by atoms with E-state index >= 15 is 0 Å². The molecule has 1 aromatic carbocycles. The zero-order valence-electron chi connectivity index (χ0n) is 8.34. The molecule has 1 heterocycles. The van der Waals surface area contributed by atoms with Gasteiger partial charge in [-0.15, -0.1) is 0 Å². The Morgan fingerprint density at radius 3 is 2.65 bits per heavy atom. The zero-order chi connectivity index (χ0) is 12.4. The van der Waals surface area contributed by atoms with Gasteiger partial charge in [0.2, 0.25) is 0 Å². The van der Waals surface area contributed by atoms with Crippen molar-refractivity contribution in [3.8, 4) is 0 Å².